The van der Waals surface area contributed by atoms with Crippen molar-refractivity contribution in [1.29, 1.82) is 0 Å². The van der Waals surface area contributed by atoms with Crippen LogP contribution in [0.15, 0.2) is 36.9 Å². The first kappa shape index (κ1) is 15.0. The van der Waals surface area contributed by atoms with E-state index in [0.717, 1.165) is 17.7 Å². The number of amides is 2. The molecule has 0 fully saturated rings. The molecule has 0 atom stereocenters. The quantitative estimate of drug-likeness (QED) is 0.739. The van der Waals surface area contributed by atoms with Gasteiger partial charge < -0.3 is 10.6 Å². The Balaban J connectivity index is 2.31. The molecule has 0 aromatic heterocycles. The summed E-state index contributed by atoms with van der Waals surface area (Å²) in [5, 5.41) is 5.57. The SMILES string of the molecule is C=CCCC(=O)NCCc1ccc(NC(C)=O)cc1. The monoisotopic (exact) mass is 260 g/mol. The van der Waals surface area contributed by atoms with Crippen LogP contribution in [0.3, 0.4) is 0 Å². The molecule has 4 nitrogen and oxygen atoms in total. The third-order valence-corrected chi connectivity index (χ3v) is 2.59. The fourth-order valence-electron chi connectivity index (χ4n) is 1.63. The largest absolute Gasteiger partial charge is 0.356 e. The number of carbonyl (C=O) groups is 2. The lowest BCUT2D eigenvalue weighted by Gasteiger charge is -2.06. The Labute approximate surface area is 113 Å². The van der Waals surface area contributed by atoms with Gasteiger partial charge in [0, 0.05) is 25.6 Å². The van der Waals surface area contributed by atoms with Crippen molar-refractivity contribution in [3.8, 4) is 0 Å². The molecular formula is C15H20N2O2. The predicted molar refractivity (Wildman–Crippen MR) is 76.9 cm³/mol. The van der Waals surface area contributed by atoms with Crippen molar-refractivity contribution in [2.24, 2.45) is 0 Å². The van der Waals surface area contributed by atoms with E-state index in [1.165, 1.54) is 6.92 Å². The minimum Gasteiger partial charge on any atom is -0.356 e. The van der Waals surface area contributed by atoms with Crippen LogP contribution >= 0.6 is 0 Å². The third kappa shape index (κ3) is 6.41. The zero-order chi connectivity index (χ0) is 14.1. The highest BCUT2D eigenvalue weighted by molar-refractivity contribution is 5.88. The maximum atomic E-state index is 11.4. The number of allylic oxidation sites excluding steroid dienone is 1. The van der Waals surface area contributed by atoms with Crippen molar-refractivity contribution in [1.82, 2.24) is 5.32 Å². The fraction of sp³-hybridized carbons (Fsp3) is 0.333. The highest BCUT2D eigenvalue weighted by Gasteiger charge is 2.00. The highest BCUT2D eigenvalue weighted by Crippen LogP contribution is 2.09. The van der Waals surface area contributed by atoms with E-state index in [0.29, 0.717) is 19.4 Å². The lowest BCUT2D eigenvalue weighted by Crippen LogP contribution is -2.25. The first-order chi connectivity index (χ1) is 9.11. The smallest absolute Gasteiger partial charge is 0.221 e. The van der Waals surface area contributed by atoms with E-state index >= 15 is 0 Å². The summed E-state index contributed by atoms with van der Waals surface area (Å²) in [5.41, 5.74) is 1.91. The van der Waals surface area contributed by atoms with Gasteiger partial charge >= 0.3 is 0 Å². The van der Waals surface area contributed by atoms with Gasteiger partial charge in [-0.3, -0.25) is 9.59 Å². The van der Waals surface area contributed by atoms with Gasteiger partial charge in [0.2, 0.25) is 11.8 Å². The van der Waals surface area contributed by atoms with Gasteiger partial charge in [-0.1, -0.05) is 18.2 Å². The molecule has 0 saturated heterocycles. The topological polar surface area (TPSA) is 58.2 Å². The number of hydrogen-bond acceptors (Lipinski definition) is 2. The summed E-state index contributed by atoms with van der Waals surface area (Å²) < 4.78 is 0. The maximum Gasteiger partial charge on any atom is 0.221 e. The second kappa shape index (κ2) is 8.08. The third-order valence-electron chi connectivity index (χ3n) is 2.59. The van der Waals surface area contributed by atoms with E-state index in [9.17, 15) is 9.59 Å². The van der Waals surface area contributed by atoms with Gasteiger partial charge in [0.15, 0.2) is 0 Å². The van der Waals surface area contributed by atoms with Crippen molar-refractivity contribution >= 4 is 17.5 Å². The average Bonchev–Trinajstić information content (AvgIpc) is 2.38. The van der Waals surface area contributed by atoms with E-state index in [1.54, 1.807) is 6.08 Å². The van der Waals surface area contributed by atoms with Gasteiger partial charge in [0.05, 0.1) is 0 Å². The highest BCUT2D eigenvalue weighted by atomic mass is 16.2. The van der Waals surface area contributed by atoms with Crippen LogP contribution in [0.1, 0.15) is 25.3 Å². The van der Waals surface area contributed by atoms with Crippen LogP contribution in [0.5, 0.6) is 0 Å². The number of carbonyl (C=O) groups excluding carboxylic acids is 2. The van der Waals surface area contributed by atoms with Crippen LogP contribution in [0.2, 0.25) is 0 Å². The molecule has 19 heavy (non-hydrogen) atoms. The first-order valence-electron chi connectivity index (χ1n) is 6.36. The Morgan fingerprint density at radius 2 is 1.95 bits per heavy atom. The van der Waals surface area contributed by atoms with Crippen LogP contribution in [-0.2, 0) is 16.0 Å². The Morgan fingerprint density at radius 1 is 1.26 bits per heavy atom. The molecule has 2 N–H and O–H groups in total. The Bertz CT molecular complexity index is 438. The van der Waals surface area contributed by atoms with E-state index in [2.05, 4.69) is 17.2 Å². The summed E-state index contributed by atoms with van der Waals surface area (Å²) in [4.78, 5) is 22.2. The van der Waals surface area contributed by atoms with Crippen LogP contribution in [0.25, 0.3) is 0 Å². The molecule has 4 heteroatoms. The molecular weight excluding hydrogens is 240 g/mol. The fourth-order valence-corrected chi connectivity index (χ4v) is 1.63. The number of hydrogen-bond donors (Lipinski definition) is 2. The minimum absolute atomic E-state index is 0.0507. The Kier molecular flexibility index (Phi) is 6.36. The van der Waals surface area contributed by atoms with Gasteiger partial charge in [0.25, 0.3) is 0 Å². The van der Waals surface area contributed by atoms with E-state index in [1.807, 2.05) is 24.3 Å². The molecule has 0 heterocycles. The van der Waals surface area contributed by atoms with Gasteiger partial charge in [-0.2, -0.15) is 0 Å². The molecule has 1 rings (SSSR count). The lowest BCUT2D eigenvalue weighted by atomic mass is 10.1. The van der Waals surface area contributed by atoms with Gasteiger partial charge in [-0.15, -0.1) is 6.58 Å². The van der Waals surface area contributed by atoms with Crippen molar-refractivity contribution in [3.63, 3.8) is 0 Å². The summed E-state index contributed by atoms with van der Waals surface area (Å²) in [6.07, 6.45) is 3.71. The molecule has 102 valence electrons. The summed E-state index contributed by atoms with van der Waals surface area (Å²) in [7, 11) is 0. The molecule has 0 bridgehead atoms. The van der Waals surface area contributed by atoms with Crippen molar-refractivity contribution < 1.29 is 9.59 Å². The second-order valence-electron chi connectivity index (χ2n) is 4.31. The van der Waals surface area contributed by atoms with Gasteiger partial charge in [0.1, 0.15) is 0 Å². The van der Waals surface area contributed by atoms with E-state index in [-0.39, 0.29) is 11.8 Å². The van der Waals surface area contributed by atoms with Crippen LogP contribution in [0.4, 0.5) is 5.69 Å². The van der Waals surface area contributed by atoms with Crippen molar-refractivity contribution in [2.45, 2.75) is 26.2 Å². The summed E-state index contributed by atoms with van der Waals surface area (Å²) in [6.45, 7) is 5.68. The molecule has 0 aliphatic carbocycles. The first-order valence-corrected chi connectivity index (χ1v) is 6.36. The van der Waals surface area contributed by atoms with Gasteiger partial charge in [-0.05, 0) is 30.5 Å². The normalized spacial score (nSPS) is 9.74. The zero-order valence-corrected chi connectivity index (χ0v) is 11.2. The predicted octanol–water partition coefficient (Wildman–Crippen LogP) is 2.27. The van der Waals surface area contributed by atoms with Crippen LogP contribution in [-0.4, -0.2) is 18.4 Å². The second-order valence-corrected chi connectivity index (χ2v) is 4.31. The number of nitrogens with one attached hydrogen (secondary N) is 2. The summed E-state index contributed by atoms with van der Waals surface area (Å²) in [5.74, 6) is -0.0306. The van der Waals surface area contributed by atoms with E-state index < -0.39 is 0 Å². The molecule has 0 aliphatic rings. The van der Waals surface area contributed by atoms with Crippen molar-refractivity contribution in [2.75, 3.05) is 11.9 Å². The molecule has 0 aliphatic heterocycles. The molecule has 0 spiro atoms. The maximum absolute atomic E-state index is 11.4. The molecule has 0 radical (unpaired) electrons. The molecule has 1 aromatic rings. The van der Waals surface area contributed by atoms with Crippen LogP contribution in [0, 0.1) is 0 Å². The van der Waals surface area contributed by atoms with Gasteiger partial charge in [-0.25, -0.2) is 0 Å². The minimum atomic E-state index is -0.0813. The van der Waals surface area contributed by atoms with Crippen molar-refractivity contribution in [3.05, 3.63) is 42.5 Å². The van der Waals surface area contributed by atoms with E-state index in [4.69, 9.17) is 0 Å². The zero-order valence-electron chi connectivity index (χ0n) is 11.2. The summed E-state index contributed by atoms with van der Waals surface area (Å²) >= 11 is 0. The van der Waals surface area contributed by atoms with Crippen LogP contribution < -0.4 is 10.6 Å². The average molecular weight is 260 g/mol. The number of anilines is 1. The molecule has 0 saturated carbocycles. The molecule has 0 unspecified atom stereocenters. The molecule has 2 amide bonds. The molecule has 1 aromatic carbocycles. The Hall–Kier alpha value is -2.10. The number of rotatable bonds is 7. The lowest BCUT2D eigenvalue weighted by molar-refractivity contribution is -0.121. The number of benzene rings is 1. The Morgan fingerprint density at radius 3 is 2.53 bits per heavy atom. The summed E-state index contributed by atoms with van der Waals surface area (Å²) in [6, 6.07) is 7.61. The standard InChI is InChI=1S/C15H20N2O2/c1-3-4-5-15(19)16-11-10-13-6-8-14(9-7-13)17-12(2)18/h3,6-9H,1,4-5,10-11H2,2H3,(H,16,19)(H,17,18).